The zero-order valence-electron chi connectivity index (χ0n) is 11.6. The van der Waals surface area contributed by atoms with Crippen molar-refractivity contribution >= 4 is 23.2 Å². The lowest BCUT2D eigenvalue weighted by molar-refractivity contribution is 0.870. The third-order valence-electron chi connectivity index (χ3n) is 2.72. The molecule has 0 atom stereocenters. The van der Waals surface area contributed by atoms with Crippen LogP contribution in [0.3, 0.4) is 0 Å². The quantitative estimate of drug-likeness (QED) is 0.221. The van der Waals surface area contributed by atoms with Gasteiger partial charge in [-0.2, -0.15) is 10.4 Å². The van der Waals surface area contributed by atoms with Gasteiger partial charge in [0.2, 0.25) is 0 Å². The van der Waals surface area contributed by atoms with E-state index in [0.717, 1.165) is 16.3 Å². The average Bonchev–Trinajstić information content (AvgIpc) is 2.53. The maximum Gasteiger partial charge on any atom is 0.0992 e. The first kappa shape index (κ1) is 14.9. The summed E-state index contributed by atoms with van der Waals surface area (Å²) in [6.45, 7) is 1.89. The largest absolute Gasteiger partial charge is 0.398 e. The van der Waals surface area contributed by atoms with E-state index in [2.05, 4.69) is 21.6 Å². The summed E-state index contributed by atoms with van der Waals surface area (Å²) in [7, 11) is 0. The Morgan fingerprint density at radius 3 is 3.00 bits per heavy atom. The van der Waals surface area contributed by atoms with Crippen LogP contribution in [0.1, 0.15) is 18.2 Å². The first-order chi connectivity index (χ1) is 10.2. The molecule has 3 N–H and O–H groups in total. The van der Waals surface area contributed by atoms with Crippen molar-refractivity contribution in [3.05, 3.63) is 53.9 Å². The molecule has 0 unspecified atom stereocenters. The smallest absolute Gasteiger partial charge is 0.0992 e. The number of hydrogen-bond acceptors (Lipinski definition) is 6. The van der Waals surface area contributed by atoms with E-state index in [-0.39, 0.29) is 0 Å². The number of aromatic nitrogens is 1. The van der Waals surface area contributed by atoms with Crippen molar-refractivity contribution in [1.82, 2.24) is 10.4 Å². The molecule has 1 heterocycles. The minimum Gasteiger partial charge on any atom is -0.398 e. The van der Waals surface area contributed by atoms with Crippen LogP contribution in [0.25, 0.3) is 0 Å². The van der Waals surface area contributed by atoms with Crippen molar-refractivity contribution in [1.29, 1.82) is 5.26 Å². The highest BCUT2D eigenvalue weighted by molar-refractivity contribution is 7.99. The molecule has 0 spiro atoms. The van der Waals surface area contributed by atoms with Crippen LogP contribution < -0.4 is 11.2 Å². The second-order valence-electron chi connectivity index (χ2n) is 4.22. The number of hydrazone groups is 1. The van der Waals surface area contributed by atoms with Crippen molar-refractivity contribution in [2.75, 3.05) is 11.6 Å². The van der Waals surface area contributed by atoms with E-state index in [0.29, 0.717) is 17.1 Å². The first-order valence-corrected chi connectivity index (χ1v) is 7.30. The number of nitrogen functional groups attached to an aromatic ring is 1. The van der Waals surface area contributed by atoms with E-state index in [1.54, 1.807) is 24.4 Å². The predicted octanol–water partition coefficient (Wildman–Crippen LogP) is 2.60. The van der Waals surface area contributed by atoms with Gasteiger partial charge < -0.3 is 5.73 Å². The van der Waals surface area contributed by atoms with Crippen LogP contribution in [0.15, 0.2) is 52.6 Å². The zero-order chi connectivity index (χ0) is 15.1. The molecule has 2 rings (SSSR count). The summed E-state index contributed by atoms with van der Waals surface area (Å²) >= 11 is 1.50. The number of nitrogens with zero attached hydrogens (tertiary/aromatic N) is 3. The van der Waals surface area contributed by atoms with Gasteiger partial charge >= 0.3 is 0 Å². The van der Waals surface area contributed by atoms with Crippen molar-refractivity contribution in [3.63, 3.8) is 0 Å². The van der Waals surface area contributed by atoms with E-state index < -0.39 is 0 Å². The third-order valence-corrected chi connectivity index (χ3v) is 3.66. The number of pyridine rings is 1. The Balaban J connectivity index is 1.92. The molecular weight excluding hydrogens is 282 g/mol. The molecule has 0 saturated carbocycles. The highest BCUT2D eigenvalue weighted by atomic mass is 32.2. The molecular formula is C15H15N5S. The van der Waals surface area contributed by atoms with E-state index in [4.69, 9.17) is 11.0 Å². The van der Waals surface area contributed by atoms with E-state index in [1.165, 1.54) is 11.8 Å². The Kier molecular flexibility index (Phi) is 5.18. The second-order valence-corrected chi connectivity index (χ2v) is 5.24. The number of benzene rings is 1. The van der Waals surface area contributed by atoms with Gasteiger partial charge in [0.25, 0.3) is 0 Å². The molecule has 0 aliphatic carbocycles. The first-order valence-electron chi connectivity index (χ1n) is 6.31. The fraction of sp³-hybridized carbons (Fsp3) is 0.133. The highest BCUT2D eigenvalue weighted by Crippen LogP contribution is 2.25. The highest BCUT2D eigenvalue weighted by Gasteiger charge is 2.02. The second kappa shape index (κ2) is 7.31. The number of anilines is 1. The van der Waals surface area contributed by atoms with Gasteiger partial charge in [-0.25, -0.2) is 0 Å². The topological polar surface area (TPSA) is 87.1 Å². The van der Waals surface area contributed by atoms with Gasteiger partial charge in [-0.1, -0.05) is 6.07 Å². The summed E-state index contributed by atoms with van der Waals surface area (Å²) in [5.41, 5.74) is 11.7. The van der Waals surface area contributed by atoms with E-state index >= 15 is 0 Å². The number of hydrogen-bond donors (Lipinski definition) is 2. The lowest BCUT2D eigenvalue weighted by Gasteiger charge is -2.06. The molecule has 0 amide bonds. The molecule has 21 heavy (non-hydrogen) atoms. The molecule has 2 aromatic rings. The van der Waals surface area contributed by atoms with Gasteiger partial charge in [0.1, 0.15) is 0 Å². The lowest BCUT2D eigenvalue weighted by Crippen LogP contribution is -2.09. The summed E-state index contributed by atoms with van der Waals surface area (Å²) in [4.78, 5) is 5.09. The van der Waals surface area contributed by atoms with Gasteiger partial charge in [0.15, 0.2) is 0 Å². The maximum atomic E-state index is 8.88. The van der Waals surface area contributed by atoms with Crippen LogP contribution in [-0.2, 0) is 0 Å². The van der Waals surface area contributed by atoms with Crippen molar-refractivity contribution in [3.8, 4) is 6.07 Å². The van der Waals surface area contributed by atoms with Crippen LogP contribution in [0, 0.1) is 11.3 Å². The zero-order valence-corrected chi connectivity index (χ0v) is 12.4. The monoisotopic (exact) mass is 297 g/mol. The summed E-state index contributed by atoms with van der Waals surface area (Å²) < 4.78 is 0. The molecule has 0 aliphatic heterocycles. The third kappa shape index (κ3) is 4.23. The Labute approximate surface area is 127 Å². The number of nitrogens with one attached hydrogen (secondary N) is 1. The number of nitriles is 1. The SMILES string of the molecule is C/C(=N\NCSc1cc(C#N)ccc1N)c1ccccn1. The van der Waals surface area contributed by atoms with Crippen LogP contribution in [-0.4, -0.2) is 16.6 Å². The van der Waals surface area contributed by atoms with Gasteiger partial charge in [0.05, 0.1) is 28.9 Å². The van der Waals surface area contributed by atoms with Gasteiger partial charge in [-0.05, 0) is 37.3 Å². The van der Waals surface area contributed by atoms with Gasteiger partial charge in [0, 0.05) is 16.8 Å². The molecule has 0 bridgehead atoms. The van der Waals surface area contributed by atoms with Crippen LogP contribution in [0.5, 0.6) is 0 Å². The molecule has 6 heteroatoms. The van der Waals surface area contributed by atoms with E-state index in [9.17, 15) is 0 Å². The number of thioether (sulfide) groups is 1. The molecule has 0 aliphatic rings. The Bertz CT molecular complexity index is 676. The molecule has 0 radical (unpaired) electrons. The minimum absolute atomic E-state index is 0.559. The minimum atomic E-state index is 0.559. The molecule has 5 nitrogen and oxygen atoms in total. The Hall–Kier alpha value is -2.52. The fourth-order valence-electron chi connectivity index (χ4n) is 1.62. The number of nitrogens with two attached hydrogens (primary N) is 1. The average molecular weight is 297 g/mol. The van der Waals surface area contributed by atoms with Crippen LogP contribution in [0.4, 0.5) is 5.69 Å². The van der Waals surface area contributed by atoms with Crippen molar-refractivity contribution < 1.29 is 0 Å². The lowest BCUT2D eigenvalue weighted by atomic mass is 10.2. The Morgan fingerprint density at radius 1 is 1.43 bits per heavy atom. The summed E-state index contributed by atoms with van der Waals surface area (Å²) in [5, 5.41) is 13.1. The van der Waals surface area contributed by atoms with Crippen LogP contribution in [0.2, 0.25) is 0 Å². The fourth-order valence-corrected chi connectivity index (χ4v) is 2.35. The standard InChI is InChI=1S/C15H15N5S/c1-11(14-4-2-3-7-18-14)20-19-10-21-15-8-12(9-16)5-6-13(15)17/h2-8,19H,10,17H2,1H3/b20-11+. The molecule has 1 aromatic carbocycles. The molecule has 0 fully saturated rings. The normalized spacial score (nSPS) is 11.0. The summed E-state index contributed by atoms with van der Waals surface area (Å²) in [5.74, 6) is 0.559. The summed E-state index contributed by atoms with van der Waals surface area (Å²) in [6, 6.07) is 13.0. The van der Waals surface area contributed by atoms with Crippen molar-refractivity contribution in [2.45, 2.75) is 11.8 Å². The maximum absolute atomic E-state index is 8.88. The molecule has 1 aromatic heterocycles. The van der Waals surface area contributed by atoms with E-state index in [1.807, 2.05) is 25.1 Å². The Morgan fingerprint density at radius 2 is 2.29 bits per heavy atom. The van der Waals surface area contributed by atoms with Crippen LogP contribution >= 0.6 is 11.8 Å². The predicted molar refractivity (Wildman–Crippen MR) is 85.9 cm³/mol. The van der Waals surface area contributed by atoms with Crippen molar-refractivity contribution in [2.24, 2.45) is 5.10 Å². The molecule has 0 saturated heterocycles. The molecule has 106 valence electrons. The van der Waals surface area contributed by atoms with Gasteiger partial charge in [-0.15, -0.1) is 11.8 Å². The number of rotatable bonds is 5. The summed E-state index contributed by atoms with van der Waals surface area (Å²) in [6.07, 6.45) is 1.73. The van der Waals surface area contributed by atoms with Gasteiger partial charge in [-0.3, -0.25) is 10.4 Å².